The topological polar surface area (TPSA) is 105 Å². The molecule has 0 saturated carbocycles. The summed E-state index contributed by atoms with van der Waals surface area (Å²) >= 11 is 1.52. The largest absolute Gasteiger partial charge is 0.322 e. The van der Waals surface area contributed by atoms with Crippen LogP contribution in [0.4, 0.5) is 0 Å². The number of nitrogens with one attached hydrogen (secondary N) is 2. The summed E-state index contributed by atoms with van der Waals surface area (Å²) in [7, 11) is 0. The smallest absolute Gasteiger partial charge is 0.247 e. The third-order valence-electron chi connectivity index (χ3n) is 4.22. The Hall–Kier alpha value is -0.960. The van der Waals surface area contributed by atoms with Crippen molar-refractivity contribution in [1.29, 1.82) is 0 Å². The second-order valence-corrected chi connectivity index (χ2v) is 7.46. The van der Waals surface area contributed by atoms with E-state index in [0.717, 1.165) is 30.2 Å². The SMILES string of the molecule is CC(C)C(C(=O)C1NCCS1)N(C(=O)CN)C(=O)C1CCCN1. The van der Waals surface area contributed by atoms with Gasteiger partial charge in [-0.15, -0.1) is 11.8 Å². The van der Waals surface area contributed by atoms with E-state index in [1.807, 2.05) is 13.8 Å². The van der Waals surface area contributed by atoms with Gasteiger partial charge in [-0.2, -0.15) is 0 Å². The number of hydrogen-bond acceptors (Lipinski definition) is 7. The second kappa shape index (κ2) is 8.23. The molecule has 130 valence electrons. The summed E-state index contributed by atoms with van der Waals surface area (Å²) in [5.41, 5.74) is 5.50. The fourth-order valence-corrected chi connectivity index (χ4v) is 4.10. The molecular formula is C15H26N4O3S. The third-order valence-corrected chi connectivity index (χ3v) is 5.39. The molecule has 3 unspecified atom stereocenters. The van der Waals surface area contributed by atoms with Gasteiger partial charge in [0.05, 0.1) is 12.6 Å². The summed E-state index contributed by atoms with van der Waals surface area (Å²) in [6.45, 7) is 4.94. The molecular weight excluding hydrogens is 316 g/mol. The molecule has 0 aromatic heterocycles. The number of carbonyl (C=O) groups excluding carboxylic acids is 3. The van der Waals surface area contributed by atoms with Gasteiger partial charge in [0.25, 0.3) is 0 Å². The van der Waals surface area contributed by atoms with Crippen LogP contribution in [0.25, 0.3) is 0 Å². The maximum Gasteiger partial charge on any atom is 0.247 e. The predicted octanol–water partition coefficient (Wildman–Crippen LogP) is -0.691. The van der Waals surface area contributed by atoms with Gasteiger partial charge in [-0.25, -0.2) is 0 Å². The molecule has 0 radical (unpaired) electrons. The highest BCUT2D eigenvalue weighted by atomic mass is 32.2. The van der Waals surface area contributed by atoms with Crippen LogP contribution >= 0.6 is 11.8 Å². The average Bonchev–Trinajstić information content (AvgIpc) is 3.23. The molecule has 23 heavy (non-hydrogen) atoms. The predicted molar refractivity (Wildman–Crippen MR) is 89.8 cm³/mol. The number of hydrogen-bond donors (Lipinski definition) is 3. The average molecular weight is 342 g/mol. The van der Waals surface area contributed by atoms with Crippen LogP contribution in [0.5, 0.6) is 0 Å². The number of amides is 2. The number of ketones is 1. The molecule has 2 aliphatic rings. The number of thioether (sulfide) groups is 1. The van der Waals surface area contributed by atoms with Gasteiger partial charge in [0.1, 0.15) is 11.4 Å². The van der Waals surface area contributed by atoms with E-state index in [4.69, 9.17) is 5.73 Å². The summed E-state index contributed by atoms with van der Waals surface area (Å²) in [5.74, 6) is -0.238. The Morgan fingerprint density at radius 1 is 1.26 bits per heavy atom. The van der Waals surface area contributed by atoms with E-state index in [1.54, 1.807) is 0 Å². The van der Waals surface area contributed by atoms with Crippen molar-refractivity contribution in [3.63, 3.8) is 0 Å². The molecule has 0 aromatic carbocycles. The van der Waals surface area contributed by atoms with Crippen LogP contribution in [0, 0.1) is 5.92 Å². The molecule has 4 N–H and O–H groups in total. The first-order valence-electron chi connectivity index (χ1n) is 8.15. The molecule has 8 heteroatoms. The molecule has 7 nitrogen and oxygen atoms in total. The van der Waals surface area contributed by atoms with Gasteiger partial charge in [-0.1, -0.05) is 13.8 Å². The fourth-order valence-electron chi connectivity index (χ4n) is 3.09. The van der Waals surface area contributed by atoms with E-state index in [9.17, 15) is 14.4 Å². The number of nitrogens with zero attached hydrogens (tertiary/aromatic N) is 1. The molecule has 2 amide bonds. The Balaban J connectivity index is 2.26. The Kier molecular flexibility index (Phi) is 6.58. The van der Waals surface area contributed by atoms with Gasteiger partial charge in [0.2, 0.25) is 11.8 Å². The van der Waals surface area contributed by atoms with Crippen LogP contribution in [0.2, 0.25) is 0 Å². The third kappa shape index (κ3) is 4.12. The van der Waals surface area contributed by atoms with E-state index >= 15 is 0 Å². The minimum Gasteiger partial charge on any atom is -0.322 e. The number of Topliss-reactive ketones (excluding diaryl/α,β-unsaturated/α-hetero) is 1. The zero-order valence-electron chi connectivity index (χ0n) is 13.7. The standard InChI is InChI=1S/C15H26N4O3S/c1-9(2)12(13(21)14-18-6-7-23-14)19(11(20)8-16)15(22)10-4-3-5-17-10/h9-10,12,14,17-18H,3-8,16H2,1-2H3. The lowest BCUT2D eigenvalue weighted by molar-refractivity contribution is -0.153. The maximum absolute atomic E-state index is 12.9. The van der Waals surface area contributed by atoms with Crippen molar-refractivity contribution >= 4 is 29.4 Å². The molecule has 2 fully saturated rings. The lowest BCUT2D eigenvalue weighted by atomic mass is 9.96. The second-order valence-electron chi connectivity index (χ2n) is 6.25. The minimum atomic E-state index is -0.774. The summed E-state index contributed by atoms with van der Waals surface area (Å²) < 4.78 is 0. The maximum atomic E-state index is 12.9. The lowest BCUT2D eigenvalue weighted by Gasteiger charge is -2.34. The molecule has 0 aliphatic carbocycles. The summed E-state index contributed by atoms with van der Waals surface area (Å²) in [4.78, 5) is 39.2. The van der Waals surface area contributed by atoms with E-state index in [2.05, 4.69) is 10.6 Å². The van der Waals surface area contributed by atoms with Crippen LogP contribution < -0.4 is 16.4 Å². The first kappa shape index (κ1) is 18.4. The van der Waals surface area contributed by atoms with E-state index in [-0.39, 0.29) is 29.5 Å². The highest BCUT2D eigenvalue weighted by molar-refractivity contribution is 8.00. The molecule has 2 heterocycles. The minimum absolute atomic E-state index is 0.115. The molecule has 0 aromatic rings. The van der Waals surface area contributed by atoms with Crippen molar-refractivity contribution < 1.29 is 14.4 Å². The molecule has 2 saturated heterocycles. The zero-order chi connectivity index (χ0) is 17.0. The van der Waals surface area contributed by atoms with Gasteiger partial charge in [0, 0.05) is 12.3 Å². The Morgan fingerprint density at radius 2 is 2.00 bits per heavy atom. The Bertz CT molecular complexity index is 460. The first-order valence-corrected chi connectivity index (χ1v) is 9.20. The van der Waals surface area contributed by atoms with Crippen molar-refractivity contribution in [1.82, 2.24) is 15.5 Å². The van der Waals surface area contributed by atoms with Crippen LogP contribution in [-0.2, 0) is 14.4 Å². The monoisotopic (exact) mass is 342 g/mol. The lowest BCUT2D eigenvalue weighted by Crippen LogP contribution is -2.59. The summed E-state index contributed by atoms with van der Waals surface area (Å²) in [6.07, 6.45) is 1.57. The van der Waals surface area contributed by atoms with Crippen LogP contribution in [0.3, 0.4) is 0 Å². The Labute approximate surface area is 141 Å². The summed E-state index contributed by atoms with van der Waals surface area (Å²) in [6, 6.07) is -1.17. The highest BCUT2D eigenvalue weighted by Crippen LogP contribution is 2.23. The van der Waals surface area contributed by atoms with Gasteiger partial charge in [-0.3, -0.25) is 24.6 Å². The van der Waals surface area contributed by atoms with E-state index < -0.39 is 18.0 Å². The molecule has 2 aliphatic heterocycles. The van der Waals surface area contributed by atoms with Crippen molar-refractivity contribution in [3.05, 3.63) is 0 Å². The van der Waals surface area contributed by atoms with Crippen molar-refractivity contribution in [2.45, 2.75) is 44.1 Å². The summed E-state index contributed by atoms with van der Waals surface area (Å²) in [5, 5.41) is 5.87. The van der Waals surface area contributed by atoms with Crippen LogP contribution in [-0.4, -0.2) is 65.3 Å². The van der Waals surface area contributed by atoms with Crippen molar-refractivity contribution in [3.8, 4) is 0 Å². The highest BCUT2D eigenvalue weighted by Gasteiger charge is 2.42. The quantitative estimate of drug-likeness (QED) is 0.587. The van der Waals surface area contributed by atoms with Crippen molar-refractivity contribution in [2.75, 3.05) is 25.4 Å². The van der Waals surface area contributed by atoms with Gasteiger partial charge in [-0.05, 0) is 25.3 Å². The number of carbonyl (C=O) groups is 3. The fraction of sp³-hybridized carbons (Fsp3) is 0.800. The molecule has 0 spiro atoms. The number of nitrogens with two attached hydrogens (primary N) is 1. The van der Waals surface area contributed by atoms with Crippen LogP contribution in [0.1, 0.15) is 26.7 Å². The number of rotatable bonds is 6. The number of imide groups is 1. The zero-order valence-corrected chi connectivity index (χ0v) is 14.5. The molecule has 3 atom stereocenters. The van der Waals surface area contributed by atoms with Gasteiger partial charge >= 0.3 is 0 Å². The van der Waals surface area contributed by atoms with Crippen LogP contribution in [0.15, 0.2) is 0 Å². The molecule has 0 bridgehead atoms. The van der Waals surface area contributed by atoms with E-state index in [1.165, 1.54) is 11.8 Å². The van der Waals surface area contributed by atoms with E-state index in [0.29, 0.717) is 6.42 Å². The van der Waals surface area contributed by atoms with Crippen molar-refractivity contribution in [2.24, 2.45) is 11.7 Å². The first-order chi connectivity index (χ1) is 11.0. The van der Waals surface area contributed by atoms with Gasteiger partial charge < -0.3 is 11.1 Å². The molecule has 2 rings (SSSR count). The normalized spacial score (nSPS) is 25.6. The Morgan fingerprint density at radius 3 is 2.48 bits per heavy atom. The van der Waals surface area contributed by atoms with Gasteiger partial charge in [0.15, 0.2) is 5.78 Å².